The Morgan fingerprint density at radius 2 is 0.786 bits per heavy atom. The number of hydrogen-bond acceptors (Lipinski definition) is 4. The Labute approximate surface area is 167 Å². The second kappa shape index (κ2) is 18.3. The number of carbonyl (C=O) groups excluding carboxylic acids is 2. The molecule has 0 fully saturated rings. The minimum atomic E-state index is -0.783. The van der Waals surface area contributed by atoms with Crippen LogP contribution in [-0.2, 0) is 19.2 Å². The molecule has 0 atom stereocenters. The summed E-state index contributed by atoms with van der Waals surface area (Å²) in [4.78, 5) is 44.0. The molecule has 0 radical (unpaired) electrons. The molecule has 0 aromatic heterocycles. The molecule has 0 bridgehead atoms. The van der Waals surface area contributed by atoms with Crippen LogP contribution in [0.5, 0.6) is 0 Å². The van der Waals surface area contributed by atoms with Crippen LogP contribution in [0.4, 0.5) is 0 Å². The summed E-state index contributed by atoms with van der Waals surface area (Å²) in [7, 11) is 0. The van der Waals surface area contributed by atoms with E-state index in [9.17, 15) is 19.2 Å². The predicted molar refractivity (Wildman–Crippen MR) is 106 cm³/mol. The first-order chi connectivity index (χ1) is 13.4. The minimum absolute atomic E-state index is 0.0267. The van der Waals surface area contributed by atoms with Crippen molar-refractivity contribution in [2.45, 2.75) is 89.9 Å². The summed E-state index contributed by atoms with van der Waals surface area (Å²) >= 11 is 0. The molecule has 2 amide bonds. The molecule has 0 heterocycles. The van der Waals surface area contributed by atoms with Gasteiger partial charge < -0.3 is 20.8 Å². The number of carboxylic acids is 2. The quantitative estimate of drug-likeness (QED) is 0.246. The van der Waals surface area contributed by atoms with Crippen LogP contribution in [0.1, 0.15) is 89.9 Å². The van der Waals surface area contributed by atoms with Gasteiger partial charge in [0.15, 0.2) is 0 Å². The monoisotopic (exact) mass is 400 g/mol. The van der Waals surface area contributed by atoms with Crippen molar-refractivity contribution in [1.82, 2.24) is 10.6 Å². The first-order valence-corrected chi connectivity index (χ1v) is 10.4. The van der Waals surface area contributed by atoms with Crippen molar-refractivity contribution in [2.24, 2.45) is 0 Å². The van der Waals surface area contributed by atoms with Crippen LogP contribution in [-0.4, -0.2) is 47.1 Å². The van der Waals surface area contributed by atoms with Crippen molar-refractivity contribution in [2.75, 3.05) is 13.1 Å². The van der Waals surface area contributed by atoms with Gasteiger partial charge in [-0.1, -0.05) is 25.7 Å². The average molecular weight is 401 g/mol. The third kappa shape index (κ3) is 20.2. The Hall–Kier alpha value is -2.12. The van der Waals surface area contributed by atoms with Crippen LogP contribution < -0.4 is 10.6 Å². The Balaban J connectivity index is 3.34. The van der Waals surface area contributed by atoms with E-state index in [0.717, 1.165) is 51.4 Å². The second-order valence-electron chi connectivity index (χ2n) is 7.02. The van der Waals surface area contributed by atoms with E-state index in [2.05, 4.69) is 10.6 Å². The maximum atomic E-state index is 11.7. The lowest BCUT2D eigenvalue weighted by Gasteiger charge is -2.06. The van der Waals surface area contributed by atoms with Gasteiger partial charge >= 0.3 is 11.9 Å². The highest BCUT2D eigenvalue weighted by molar-refractivity contribution is 5.76. The predicted octanol–water partition coefficient (Wildman–Crippen LogP) is 2.85. The minimum Gasteiger partial charge on any atom is -0.481 e. The molecule has 0 saturated heterocycles. The van der Waals surface area contributed by atoms with Gasteiger partial charge in [-0.2, -0.15) is 0 Å². The van der Waals surface area contributed by atoms with Crippen LogP contribution >= 0.6 is 0 Å². The third-order valence-corrected chi connectivity index (χ3v) is 4.34. The summed E-state index contributed by atoms with van der Waals surface area (Å²) in [5.74, 6) is -1.51. The van der Waals surface area contributed by atoms with Crippen LogP contribution in [0.25, 0.3) is 0 Å². The van der Waals surface area contributed by atoms with Gasteiger partial charge in [0.2, 0.25) is 11.8 Å². The normalized spacial score (nSPS) is 10.4. The molecule has 0 aliphatic heterocycles. The molecule has 0 aliphatic rings. The Bertz CT molecular complexity index is 426. The van der Waals surface area contributed by atoms with E-state index < -0.39 is 11.9 Å². The van der Waals surface area contributed by atoms with E-state index in [-0.39, 0.29) is 24.7 Å². The first-order valence-electron chi connectivity index (χ1n) is 10.4. The fraction of sp³-hybridized carbons (Fsp3) is 0.800. The van der Waals surface area contributed by atoms with Gasteiger partial charge in [0.1, 0.15) is 0 Å². The largest absolute Gasteiger partial charge is 0.481 e. The van der Waals surface area contributed by atoms with E-state index in [1.54, 1.807) is 0 Å². The molecule has 0 aromatic rings. The van der Waals surface area contributed by atoms with Gasteiger partial charge in [0.05, 0.1) is 0 Å². The molecule has 8 heteroatoms. The van der Waals surface area contributed by atoms with Crippen LogP contribution in [0, 0.1) is 0 Å². The van der Waals surface area contributed by atoms with Crippen molar-refractivity contribution >= 4 is 23.8 Å². The molecular weight excluding hydrogens is 364 g/mol. The molecule has 4 N–H and O–H groups in total. The molecule has 0 aliphatic carbocycles. The van der Waals surface area contributed by atoms with Gasteiger partial charge in [-0.3, -0.25) is 19.2 Å². The first kappa shape index (κ1) is 25.9. The highest BCUT2D eigenvalue weighted by Gasteiger charge is 2.03. The van der Waals surface area contributed by atoms with E-state index in [1.807, 2.05) is 0 Å². The summed E-state index contributed by atoms with van der Waals surface area (Å²) in [6.45, 7) is 1.18. The number of amides is 2. The van der Waals surface area contributed by atoms with Gasteiger partial charge in [-0.05, 0) is 38.5 Å². The number of nitrogens with one attached hydrogen (secondary N) is 2. The number of carbonyl (C=O) groups is 4. The average Bonchev–Trinajstić information content (AvgIpc) is 2.63. The van der Waals surface area contributed by atoms with Crippen molar-refractivity contribution in [1.29, 1.82) is 0 Å². The van der Waals surface area contributed by atoms with Crippen molar-refractivity contribution in [3.8, 4) is 0 Å². The lowest BCUT2D eigenvalue weighted by Crippen LogP contribution is -2.24. The van der Waals surface area contributed by atoms with E-state index in [4.69, 9.17) is 10.2 Å². The zero-order chi connectivity index (χ0) is 21.0. The molecule has 162 valence electrons. The lowest BCUT2D eigenvalue weighted by atomic mass is 10.1. The lowest BCUT2D eigenvalue weighted by molar-refractivity contribution is -0.138. The molecular formula is C20H36N2O6. The fourth-order valence-corrected chi connectivity index (χ4v) is 2.71. The molecule has 28 heavy (non-hydrogen) atoms. The maximum absolute atomic E-state index is 11.7. The molecule has 8 nitrogen and oxygen atoms in total. The summed E-state index contributed by atoms with van der Waals surface area (Å²) in [5.41, 5.74) is 0. The molecule has 0 unspecified atom stereocenters. The SMILES string of the molecule is O=C(O)CCCCCNC(=O)CCCCCCC(=O)NCCCCCC(=O)O. The van der Waals surface area contributed by atoms with Gasteiger partial charge in [0, 0.05) is 38.8 Å². The van der Waals surface area contributed by atoms with Crippen molar-refractivity contribution in [3.63, 3.8) is 0 Å². The Kier molecular flexibility index (Phi) is 16.9. The van der Waals surface area contributed by atoms with Crippen LogP contribution in [0.3, 0.4) is 0 Å². The maximum Gasteiger partial charge on any atom is 0.303 e. The summed E-state index contributed by atoms with van der Waals surface area (Å²) in [5, 5.41) is 22.7. The van der Waals surface area contributed by atoms with E-state index in [0.29, 0.717) is 38.8 Å². The third-order valence-electron chi connectivity index (χ3n) is 4.34. The number of carboxylic acid groups (broad SMARTS) is 2. The second-order valence-corrected chi connectivity index (χ2v) is 7.02. The zero-order valence-corrected chi connectivity index (χ0v) is 16.8. The Morgan fingerprint density at radius 3 is 1.14 bits per heavy atom. The zero-order valence-electron chi connectivity index (χ0n) is 16.8. The summed E-state index contributed by atoms with van der Waals surface area (Å²) in [6, 6.07) is 0. The van der Waals surface area contributed by atoms with E-state index >= 15 is 0 Å². The molecule has 0 saturated carbocycles. The number of unbranched alkanes of at least 4 members (excludes halogenated alkanes) is 7. The summed E-state index contributed by atoms with van der Waals surface area (Å²) in [6.07, 6.45) is 9.24. The highest BCUT2D eigenvalue weighted by Crippen LogP contribution is 2.06. The summed E-state index contributed by atoms with van der Waals surface area (Å²) < 4.78 is 0. The van der Waals surface area contributed by atoms with Crippen LogP contribution in [0.2, 0.25) is 0 Å². The van der Waals surface area contributed by atoms with Crippen molar-refractivity contribution < 1.29 is 29.4 Å². The van der Waals surface area contributed by atoms with Gasteiger partial charge in [-0.25, -0.2) is 0 Å². The van der Waals surface area contributed by atoms with Gasteiger partial charge in [0.25, 0.3) is 0 Å². The fourth-order valence-electron chi connectivity index (χ4n) is 2.71. The number of rotatable bonds is 19. The van der Waals surface area contributed by atoms with E-state index in [1.165, 1.54) is 0 Å². The van der Waals surface area contributed by atoms with Crippen LogP contribution in [0.15, 0.2) is 0 Å². The molecule has 0 rings (SSSR count). The topological polar surface area (TPSA) is 133 Å². The molecule has 0 aromatic carbocycles. The molecule has 0 spiro atoms. The van der Waals surface area contributed by atoms with Gasteiger partial charge in [-0.15, -0.1) is 0 Å². The Morgan fingerprint density at radius 1 is 0.464 bits per heavy atom. The smallest absolute Gasteiger partial charge is 0.303 e. The highest BCUT2D eigenvalue weighted by atomic mass is 16.4. The number of aliphatic carboxylic acids is 2. The number of hydrogen-bond donors (Lipinski definition) is 4. The standard InChI is InChI=1S/C20H36N2O6/c23-17(21-15-9-3-7-13-19(25)26)11-5-1-2-6-12-18(24)22-16-10-4-8-14-20(27)28/h1-16H2,(H,21,23)(H,22,24)(H,25,26)(H,27,28). The van der Waals surface area contributed by atoms with Crippen molar-refractivity contribution in [3.05, 3.63) is 0 Å².